The molecule has 0 aliphatic rings. The lowest BCUT2D eigenvalue weighted by Crippen LogP contribution is -2.16. The number of nitrogens with zero attached hydrogens (tertiary/aromatic N) is 2. The monoisotopic (exact) mass is 310 g/mol. The van der Waals surface area contributed by atoms with Gasteiger partial charge < -0.3 is 0 Å². The highest BCUT2D eigenvalue weighted by Crippen LogP contribution is 2.20. The lowest BCUT2D eigenvalue weighted by molar-refractivity contribution is 0.0895. The van der Waals surface area contributed by atoms with Crippen molar-refractivity contribution < 1.29 is 9.18 Å². The summed E-state index contributed by atoms with van der Waals surface area (Å²) in [6.07, 6.45) is 0.203. The van der Waals surface area contributed by atoms with Crippen molar-refractivity contribution in [3.8, 4) is 0 Å². The second-order valence-electron chi connectivity index (χ2n) is 4.09. The SMILES string of the molecule is Cc1nn(C(=O)Cc2ccc(F)cc2)c(C)c1Br. The number of carbonyl (C=O) groups excluding carboxylic acids is 1. The fourth-order valence-electron chi connectivity index (χ4n) is 1.72. The fraction of sp³-hybridized carbons (Fsp3) is 0.231. The Hall–Kier alpha value is -1.49. The fourth-order valence-corrected chi connectivity index (χ4v) is 1.97. The van der Waals surface area contributed by atoms with E-state index in [2.05, 4.69) is 21.0 Å². The van der Waals surface area contributed by atoms with E-state index < -0.39 is 0 Å². The van der Waals surface area contributed by atoms with Gasteiger partial charge in [0.15, 0.2) is 0 Å². The molecule has 3 nitrogen and oxygen atoms in total. The molecule has 1 heterocycles. The van der Waals surface area contributed by atoms with Crippen LogP contribution < -0.4 is 0 Å². The molecule has 2 rings (SSSR count). The molecule has 1 aromatic carbocycles. The predicted octanol–water partition coefficient (Wildman–Crippen LogP) is 3.28. The molecule has 0 atom stereocenters. The largest absolute Gasteiger partial charge is 0.272 e. The Morgan fingerprint density at radius 2 is 1.94 bits per heavy atom. The Morgan fingerprint density at radius 1 is 1.33 bits per heavy atom. The molecular weight excluding hydrogens is 299 g/mol. The Labute approximate surface area is 113 Å². The summed E-state index contributed by atoms with van der Waals surface area (Å²) in [5.74, 6) is -0.437. The Bertz CT molecular complexity index is 590. The lowest BCUT2D eigenvalue weighted by atomic mass is 10.1. The molecule has 1 aromatic heterocycles. The molecule has 0 N–H and O–H groups in total. The second kappa shape index (κ2) is 5.02. The van der Waals surface area contributed by atoms with Crippen molar-refractivity contribution >= 4 is 21.8 Å². The zero-order valence-electron chi connectivity index (χ0n) is 10.1. The number of rotatable bonds is 2. The minimum absolute atomic E-state index is 0.132. The molecule has 94 valence electrons. The number of halogens is 2. The molecule has 0 saturated heterocycles. The van der Waals surface area contributed by atoms with Gasteiger partial charge in [0.25, 0.3) is 5.91 Å². The van der Waals surface area contributed by atoms with Crippen molar-refractivity contribution in [1.82, 2.24) is 9.78 Å². The number of aromatic nitrogens is 2. The Kier molecular flexibility index (Phi) is 3.61. The van der Waals surface area contributed by atoms with Gasteiger partial charge in [-0.3, -0.25) is 4.79 Å². The van der Waals surface area contributed by atoms with Gasteiger partial charge in [-0.1, -0.05) is 12.1 Å². The van der Waals surface area contributed by atoms with Crippen molar-refractivity contribution in [3.63, 3.8) is 0 Å². The molecule has 2 aromatic rings. The number of aryl methyl sites for hydroxylation is 1. The summed E-state index contributed by atoms with van der Waals surface area (Å²) in [6, 6.07) is 5.90. The summed E-state index contributed by atoms with van der Waals surface area (Å²) >= 11 is 3.38. The highest BCUT2D eigenvalue weighted by atomic mass is 79.9. The van der Waals surface area contributed by atoms with E-state index in [0.29, 0.717) is 0 Å². The van der Waals surface area contributed by atoms with Crippen LogP contribution in [0.4, 0.5) is 4.39 Å². The van der Waals surface area contributed by atoms with E-state index in [1.165, 1.54) is 16.8 Å². The quantitative estimate of drug-likeness (QED) is 0.853. The average Bonchev–Trinajstić information content (AvgIpc) is 2.60. The molecule has 0 spiro atoms. The van der Waals surface area contributed by atoms with Crippen molar-refractivity contribution in [2.24, 2.45) is 0 Å². The predicted molar refractivity (Wildman–Crippen MR) is 70.1 cm³/mol. The summed E-state index contributed by atoms with van der Waals surface area (Å²) in [5, 5.41) is 4.17. The van der Waals surface area contributed by atoms with Crippen LogP contribution in [0.5, 0.6) is 0 Å². The van der Waals surface area contributed by atoms with Gasteiger partial charge in [0.1, 0.15) is 5.82 Å². The zero-order chi connectivity index (χ0) is 13.3. The highest BCUT2D eigenvalue weighted by Gasteiger charge is 2.15. The maximum Gasteiger partial charge on any atom is 0.251 e. The van der Waals surface area contributed by atoms with Gasteiger partial charge in [0, 0.05) is 0 Å². The first kappa shape index (κ1) is 13.0. The topological polar surface area (TPSA) is 34.9 Å². The van der Waals surface area contributed by atoms with Crippen LogP contribution in [0.15, 0.2) is 28.7 Å². The lowest BCUT2D eigenvalue weighted by Gasteiger charge is -2.03. The molecule has 18 heavy (non-hydrogen) atoms. The third-order valence-electron chi connectivity index (χ3n) is 2.71. The highest BCUT2D eigenvalue weighted by molar-refractivity contribution is 9.10. The minimum atomic E-state index is -0.306. The van der Waals surface area contributed by atoms with Gasteiger partial charge in [0.2, 0.25) is 0 Å². The number of carbonyl (C=O) groups is 1. The first-order chi connectivity index (χ1) is 8.49. The van der Waals surface area contributed by atoms with Crippen LogP contribution in [0.3, 0.4) is 0 Å². The molecule has 0 amide bonds. The van der Waals surface area contributed by atoms with Crippen LogP contribution in [-0.2, 0) is 6.42 Å². The minimum Gasteiger partial charge on any atom is -0.272 e. The van der Waals surface area contributed by atoms with Crippen LogP contribution in [0.25, 0.3) is 0 Å². The molecule has 0 aliphatic carbocycles. The van der Waals surface area contributed by atoms with E-state index in [1.807, 2.05) is 13.8 Å². The molecule has 0 saturated carbocycles. The summed E-state index contributed by atoms with van der Waals surface area (Å²) in [7, 11) is 0. The summed E-state index contributed by atoms with van der Waals surface area (Å²) < 4.78 is 15.0. The van der Waals surface area contributed by atoms with Gasteiger partial charge in [-0.25, -0.2) is 9.07 Å². The van der Waals surface area contributed by atoms with Crippen LogP contribution in [-0.4, -0.2) is 15.7 Å². The second-order valence-corrected chi connectivity index (χ2v) is 4.89. The smallest absolute Gasteiger partial charge is 0.251 e. The van der Waals surface area contributed by atoms with Crippen molar-refractivity contribution in [1.29, 1.82) is 0 Å². The average molecular weight is 311 g/mol. The number of benzene rings is 1. The Balaban J connectivity index is 2.22. The number of hydrogen-bond donors (Lipinski definition) is 0. The van der Waals surface area contributed by atoms with Crippen molar-refractivity contribution in [3.05, 3.63) is 51.5 Å². The first-order valence-corrected chi connectivity index (χ1v) is 6.27. The maximum absolute atomic E-state index is 12.8. The van der Waals surface area contributed by atoms with Gasteiger partial charge in [-0.15, -0.1) is 0 Å². The van der Waals surface area contributed by atoms with E-state index in [0.717, 1.165) is 21.4 Å². The summed E-state index contributed by atoms with van der Waals surface area (Å²) in [6.45, 7) is 3.66. The molecule has 0 bridgehead atoms. The third-order valence-corrected chi connectivity index (χ3v) is 3.86. The summed E-state index contributed by atoms with van der Waals surface area (Å²) in [4.78, 5) is 12.1. The van der Waals surface area contributed by atoms with Crippen LogP contribution in [0, 0.1) is 19.7 Å². The molecule has 5 heteroatoms. The molecular formula is C13H12BrFN2O. The van der Waals surface area contributed by atoms with Crippen molar-refractivity contribution in [2.75, 3.05) is 0 Å². The van der Waals surface area contributed by atoms with Gasteiger partial charge in [0.05, 0.1) is 22.3 Å². The van der Waals surface area contributed by atoms with Crippen molar-refractivity contribution in [2.45, 2.75) is 20.3 Å². The van der Waals surface area contributed by atoms with E-state index in [4.69, 9.17) is 0 Å². The Morgan fingerprint density at radius 3 is 2.44 bits per heavy atom. The van der Waals surface area contributed by atoms with Crippen LogP contribution in [0.1, 0.15) is 21.7 Å². The first-order valence-electron chi connectivity index (χ1n) is 5.48. The molecule has 0 unspecified atom stereocenters. The third kappa shape index (κ3) is 2.51. The van der Waals surface area contributed by atoms with Gasteiger partial charge in [-0.05, 0) is 47.5 Å². The standard InChI is InChI=1S/C13H12BrFN2O/c1-8-13(14)9(2)17(16-8)12(18)7-10-3-5-11(15)6-4-10/h3-6H,7H2,1-2H3. The van der Waals surface area contributed by atoms with E-state index in [1.54, 1.807) is 12.1 Å². The van der Waals surface area contributed by atoms with Gasteiger partial charge in [-0.2, -0.15) is 5.10 Å². The molecule has 0 fully saturated rings. The molecule has 0 aliphatic heterocycles. The number of hydrogen-bond acceptors (Lipinski definition) is 2. The van der Waals surface area contributed by atoms with E-state index in [9.17, 15) is 9.18 Å². The van der Waals surface area contributed by atoms with E-state index >= 15 is 0 Å². The van der Waals surface area contributed by atoms with E-state index in [-0.39, 0.29) is 18.1 Å². The van der Waals surface area contributed by atoms with Crippen LogP contribution >= 0.6 is 15.9 Å². The molecule has 0 radical (unpaired) electrons. The van der Waals surface area contributed by atoms with Crippen LogP contribution in [0.2, 0.25) is 0 Å². The summed E-state index contributed by atoms with van der Waals surface area (Å²) in [5.41, 5.74) is 2.32. The zero-order valence-corrected chi connectivity index (χ0v) is 11.7. The van der Waals surface area contributed by atoms with Gasteiger partial charge >= 0.3 is 0 Å². The maximum atomic E-state index is 12.8. The normalized spacial score (nSPS) is 10.7.